The molecule has 1 aliphatic heterocycles. The predicted octanol–water partition coefficient (Wildman–Crippen LogP) is -1.11. The first kappa shape index (κ1) is 9.31. The Balaban J connectivity index is 2.83. The third-order valence-corrected chi connectivity index (χ3v) is 1.93. The predicted molar refractivity (Wildman–Crippen MR) is 39.3 cm³/mol. The summed E-state index contributed by atoms with van der Waals surface area (Å²) in [6, 6.07) is 0. The van der Waals surface area contributed by atoms with Crippen LogP contribution in [0, 0.1) is 0 Å². The first-order valence-electron chi connectivity index (χ1n) is 3.61. The van der Waals surface area contributed by atoms with Crippen molar-refractivity contribution in [1.29, 1.82) is 0 Å². The molecule has 1 aliphatic rings. The highest BCUT2D eigenvalue weighted by molar-refractivity contribution is 5.12. The van der Waals surface area contributed by atoms with E-state index in [4.69, 9.17) is 14.9 Å². The Bertz CT molecular complexity index is 200. The number of aliphatic hydroxyl groups is 4. The van der Waals surface area contributed by atoms with E-state index in [1.807, 2.05) is 0 Å². The van der Waals surface area contributed by atoms with Gasteiger partial charge in [-0.3, -0.25) is 0 Å². The van der Waals surface area contributed by atoms with Gasteiger partial charge >= 0.3 is 0 Å². The largest absolute Gasteiger partial charge is 0.481 e. The zero-order valence-electron chi connectivity index (χ0n) is 6.64. The monoisotopic (exact) mass is 176 g/mol. The van der Waals surface area contributed by atoms with E-state index in [-0.39, 0.29) is 5.57 Å². The Hall–Kier alpha value is -0.780. The Kier molecular flexibility index (Phi) is 2.56. The van der Waals surface area contributed by atoms with Crippen molar-refractivity contribution in [2.24, 2.45) is 0 Å². The van der Waals surface area contributed by atoms with Crippen molar-refractivity contribution in [2.45, 2.75) is 25.2 Å². The third-order valence-electron chi connectivity index (χ3n) is 1.93. The molecule has 0 radical (unpaired) electrons. The van der Waals surface area contributed by atoms with Gasteiger partial charge in [-0.05, 0) is 6.92 Å². The fraction of sp³-hybridized carbons (Fsp3) is 0.714. The van der Waals surface area contributed by atoms with Crippen LogP contribution in [0.3, 0.4) is 0 Å². The van der Waals surface area contributed by atoms with Crippen LogP contribution in [-0.2, 0) is 4.74 Å². The lowest BCUT2D eigenvalue weighted by atomic mass is 10.00. The average Bonchev–Trinajstić information content (AvgIpc) is 2.08. The Labute approximate surface area is 69.5 Å². The van der Waals surface area contributed by atoms with Gasteiger partial charge in [0.25, 0.3) is 5.95 Å². The summed E-state index contributed by atoms with van der Waals surface area (Å²) in [5, 5.41) is 36.2. The normalized spacial score (nSPS) is 36.5. The minimum Gasteiger partial charge on any atom is -0.481 e. The van der Waals surface area contributed by atoms with E-state index in [1.54, 1.807) is 0 Å². The molecule has 5 heteroatoms. The molecule has 12 heavy (non-hydrogen) atoms. The Morgan fingerprint density at radius 3 is 2.50 bits per heavy atom. The van der Waals surface area contributed by atoms with Gasteiger partial charge in [-0.25, -0.2) is 0 Å². The second-order valence-corrected chi connectivity index (χ2v) is 2.76. The topological polar surface area (TPSA) is 90.2 Å². The average molecular weight is 176 g/mol. The van der Waals surface area contributed by atoms with Crippen molar-refractivity contribution in [3.8, 4) is 0 Å². The Morgan fingerprint density at radius 1 is 1.42 bits per heavy atom. The van der Waals surface area contributed by atoms with Gasteiger partial charge in [0.1, 0.15) is 12.2 Å². The summed E-state index contributed by atoms with van der Waals surface area (Å²) in [4.78, 5) is 0. The molecule has 0 fully saturated rings. The molecule has 70 valence electrons. The van der Waals surface area contributed by atoms with Crippen LogP contribution in [-0.4, -0.2) is 45.3 Å². The van der Waals surface area contributed by atoms with E-state index in [9.17, 15) is 10.2 Å². The molecular formula is C7H12O5. The molecule has 0 saturated heterocycles. The zero-order chi connectivity index (χ0) is 9.30. The summed E-state index contributed by atoms with van der Waals surface area (Å²) in [6.07, 6.45) is -3.31. The molecule has 0 aromatic heterocycles. The maximum Gasteiger partial charge on any atom is 0.278 e. The molecule has 0 bridgehead atoms. The van der Waals surface area contributed by atoms with Gasteiger partial charge in [-0.2, -0.15) is 0 Å². The second-order valence-electron chi connectivity index (χ2n) is 2.76. The smallest absolute Gasteiger partial charge is 0.278 e. The van der Waals surface area contributed by atoms with Gasteiger partial charge in [-0.1, -0.05) is 0 Å². The first-order chi connectivity index (χ1) is 5.57. The zero-order valence-corrected chi connectivity index (χ0v) is 6.64. The van der Waals surface area contributed by atoms with Gasteiger partial charge in [0.05, 0.1) is 6.61 Å². The van der Waals surface area contributed by atoms with Crippen LogP contribution in [0.5, 0.6) is 0 Å². The number of aliphatic hydroxyl groups excluding tert-OH is 4. The van der Waals surface area contributed by atoms with E-state index in [2.05, 4.69) is 0 Å². The van der Waals surface area contributed by atoms with Crippen molar-refractivity contribution < 1.29 is 25.2 Å². The molecule has 2 unspecified atom stereocenters. The number of rotatable bonds is 1. The fourth-order valence-corrected chi connectivity index (χ4v) is 1.04. The van der Waals surface area contributed by atoms with E-state index in [0.717, 1.165) is 0 Å². The van der Waals surface area contributed by atoms with E-state index < -0.39 is 30.9 Å². The molecule has 0 saturated carbocycles. The van der Waals surface area contributed by atoms with Crippen LogP contribution in [0.1, 0.15) is 6.92 Å². The van der Waals surface area contributed by atoms with Crippen molar-refractivity contribution >= 4 is 0 Å². The van der Waals surface area contributed by atoms with E-state index in [0.29, 0.717) is 0 Å². The van der Waals surface area contributed by atoms with Crippen LogP contribution in [0.2, 0.25) is 0 Å². The molecule has 4 N–H and O–H groups in total. The highest BCUT2D eigenvalue weighted by Crippen LogP contribution is 2.22. The highest BCUT2D eigenvalue weighted by Gasteiger charge is 2.35. The second kappa shape index (κ2) is 3.30. The SMILES string of the molecule is CC1=C(O)OC(CO)[C@H](O)C1O. The summed E-state index contributed by atoms with van der Waals surface area (Å²) in [7, 11) is 0. The lowest BCUT2D eigenvalue weighted by Crippen LogP contribution is -2.45. The molecule has 1 heterocycles. The van der Waals surface area contributed by atoms with Gasteiger partial charge in [0.15, 0.2) is 6.10 Å². The first-order valence-corrected chi connectivity index (χ1v) is 3.61. The number of ether oxygens (including phenoxy) is 1. The van der Waals surface area contributed by atoms with E-state index >= 15 is 0 Å². The minimum atomic E-state index is -1.19. The molecular weight excluding hydrogens is 164 g/mol. The molecule has 5 nitrogen and oxygen atoms in total. The lowest BCUT2D eigenvalue weighted by molar-refractivity contribution is -0.122. The Morgan fingerprint density at radius 2 is 2.00 bits per heavy atom. The van der Waals surface area contributed by atoms with Crippen molar-refractivity contribution in [2.75, 3.05) is 6.61 Å². The third kappa shape index (κ3) is 1.38. The molecule has 0 aromatic rings. The molecule has 0 aromatic carbocycles. The minimum absolute atomic E-state index is 0.173. The summed E-state index contributed by atoms with van der Waals surface area (Å²) >= 11 is 0. The van der Waals surface area contributed by atoms with Crippen molar-refractivity contribution in [3.63, 3.8) is 0 Å². The summed E-state index contributed by atoms with van der Waals surface area (Å²) < 4.78 is 4.71. The van der Waals surface area contributed by atoms with Crippen LogP contribution in [0.15, 0.2) is 11.5 Å². The molecule has 0 aliphatic carbocycles. The maximum absolute atomic E-state index is 9.26. The van der Waals surface area contributed by atoms with Gasteiger partial charge in [0.2, 0.25) is 0 Å². The molecule has 0 spiro atoms. The fourth-order valence-electron chi connectivity index (χ4n) is 1.04. The standard InChI is InChI=1S/C7H12O5/c1-3-5(9)6(10)4(2-8)12-7(3)11/h4-6,8-11H,2H2,1H3/t4?,5?,6-/m0/s1. The molecule has 3 atom stereocenters. The van der Waals surface area contributed by atoms with Crippen molar-refractivity contribution in [1.82, 2.24) is 0 Å². The molecule has 0 amide bonds. The summed E-state index contributed by atoms with van der Waals surface area (Å²) in [5.74, 6) is -0.424. The lowest BCUT2D eigenvalue weighted by Gasteiger charge is -2.31. The highest BCUT2D eigenvalue weighted by atomic mass is 16.6. The number of hydrogen-bond donors (Lipinski definition) is 4. The summed E-state index contributed by atoms with van der Waals surface area (Å²) in [6.45, 7) is 0.992. The van der Waals surface area contributed by atoms with Crippen LogP contribution < -0.4 is 0 Å². The van der Waals surface area contributed by atoms with Gasteiger partial charge in [-0.15, -0.1) is 0 Å². The van der Waals surface area contributed by atoms with E-state index in [1.165, 1.54) is 6.92 Å². The van der Waals surface area contributed by atoms with Crippen molar-refractivity contribution in [3.05, 3.63) is 11.5 Å². The summed E-state index contributed by atoms with van der Waals surface area (Å²) in [5.41, 5.74) is 0.173. The van der Waals surface area contributed by atoms with Crippen LogP contribution in [0.4, 0.5) is 0 Å². The van der Waals surface area contributed by atoms with Gasteiger partial charge < -0.3 is 25.2 Å². The molecule has 1 rings (SSSR count). The maximum atomic E-state index is 9.26. The van der Waals surface area contributed by atoms with Crippen LogP contribution in [0.25, 0.3) is 0 Å². The quantitative estimate of drug-likeness (QED) is 0.406. The number of hydrogen-bond acceptors (Lipinski definition) is 5. The van der Waals surface area contributed by atoms with Crippen LogP contribution >= 0.6 is 0 Å². The van der Waals surface area contributed by atoms with Gasteiger partial charge in [0, 0.05) is 5.57 Å².